The smallest absolute Gasteiger partial charge is 0.410 e. The van der Waals surface area contributed by atoms with Gasteiger partial charge in [0.15, 0.2) is 0 Å². The normalized spacial score (nSPS) is 19.9. The predicted octanol–water partition coefficient (Wildman–Crippen LogP) is 3.10. The summed E-state index contributed by atoms with van der Waals surface area (Å²) in [4.78, 5) is 26.2. The van der Waals surface area contributed by atoms with E-state index in [1.165, 1.54) is 5.01 Å². The topological polar surface area (TPSA) is 73.9 Å². The highest BCUT2D eigenvalue weighted by atomic mass is 35.5. The lowest BCUT2D eigenvalue weighted by molar-refractivity contribution is 0.0147. The number of carbonyl (C=O) groups excluding carboxylic acids is 2. The average molecular weight is 367 g/mol. The van der Waals surface area contributed by atoms with Gasteiger partial charge in [0.2, 0.25) is 0 Å². The molecule has 1 spiro atoms. The number of hydrogen-bond acceptors (Lipinski definition) is 4. The first-order valence-corrected chi connectivity index (χ1v) is 8.69. The molecule has 2 aliphatic heterocycles. The van der Waals surface area contributed by atoms with Crippen molar-refractivity contribution >= 4 is 29.4 Å². The number of halogens is 1. The number of likely N-dealkylation sites (tertiary alicyclic amines) is 1. The summed E-state index contributed by atoms with van der Waals surface area (Å²) in [5.74, 6) is 0. The zero-order valence-electron chi connectivity index (χ0n) is 14.6. The molecule has 0 aliphatic carbocycles. The summed E-state index contributed by atoms with van der Waals surface area (Å²) < 4.78 is 5.41. The van der Waals surface area contributed by atoms with Gasteiger partial charge in [-0.05, 0) is 39.0 Å². The van der Waals surface area contributed by atoms with E-state index in [4.69, 9.17) is 16.3 Å². The quantitative estimate of drug-likeness (QED) is 0.801. The molecule has 0 unspecified atom stereocenters. The van der Waals surface area contributed by atoms with Crippen molar-refractivity contribution in [2.75, 3.05) is 18.1 Å². The molecule has 2 saturated heterocycles. The molecule has 0 bridgehead atoms. The molecule has 2 heterocycles. The van der Waals surface area contributed by atoms with E-state index in [0.717, 1.165) is 0 Å². The number of amides is 3. The Balaban J connectivity index is 1.64. The third-order valence-electron chi connectivity index (χ3n) is 4.21. The van der Waals surface area contributed by atoms with Crippen LogP contribution in [0.25, 0.3) is 0 Å². The summed E-state index contributed by atoms with van der Waals surface area (Å²) in [6.07, 6.45) is 0.864. The van der Waals surface area contributed by atoms with Crippen molar-refractivity contribution in [3.63, 3.8) is 0 Å². The summed E-state index contributed by atoms with van der Waals surface area (Å²) in [6, 6.07) is 6.86. The van der Waals surface area contributed by atoms with E-state index in [2.05, 4.69) is 10.7 Å². The first kappa shape index (κ1) is 17.8. The van der Waals surface area contributed by atoms with Crippen molar-refractivity contribution in [2.24, 2.45) is 0 Å². The molecule has 0 saturated carbocycles. The first-order chi connectivity index (χ1) is 11.7. The molecular weight excluding hydrogens is 344 g/mol. The number of carbonyl (C=O) groups is 2. The van der Waals surface area contributed by atoms with Crippen LogP contribution in [0.1, 0.15) is 33.6 Å². The van der Waals surface area contributed by atoms with E-state index in [9.17, 15) is 9.59 Å². The van der Waals surface area contributed by atoms with Crippen LogP contribution in [0.2, 0.25) is 5.02 Å². The Morgan fingerprint density at radius 1 is 1.28 bits per heavy atom. The summed E-state index contributed by atoms with van der Waals surface area (Å²) in [5.41, 5.74) is 2.84. The Hall–Kier alpha value is -1.99. The van der Waals surface area contributed by atoms with Gasteiger partial charge >= 0.3 is 12.1 Å². The Bertz CT molecular complexity index is 681. The first-order valence-electron chi connectivity index (χ1n) is 8.31. The van der Waals surface area contributed by atoms with Gasteiger partial charge in [-0.25, -0.2) is 20.0 Å². The maximum atomic E-state index is 12.4. The second-order valence-electron chi connectivity index (χ2n) is 7.41. The van der Waals surface area contributed by atoms with Crippen LogP contribution in [0.15, 0.2) is 24.3 Å². The van der Waals surface area contributed by atoms with Crippen molar-refractivity contribution in [3.05, 3.63) is 29.3 Å². The average Bonchev–Trinajstić information content (AvgIpc) is 2.82. The zero-order valence-corrected chi connectivity index (χ0v) is 15.4. The molecule has 7 nitrogen and oxygen atoms in total. The largest absolute Gasteiger partial charge is 0.444 e. The van der Waals surface area contributed by atoms with Crippen molar-refractivity contribution in [1.82, 2.24) is 15.6 Å². The van der Waals surface area contributed by atoms with Gasteiger partial charge in [-0.1, -0.05) is 17.7 Å². The fraction of sp³-hybridized carbons (Fsp3) is 0.529. The van der Waals surface area contributed by atoms with Crippen LogP contribution in [0.4, 0.5) is 15.3 Å². The molecule has 1 aromatic rings. The van der Waals surface area contributed by atoms with E-state index in [0.29, 0.717) is 36.6 Å². The molecule has 136 valence electrons. The van der Waals surface area contributed by atoms with Crippen LogP contribution in [0.5, 0.6) is 0 Å². The second kappa shape index (κ2) is 6.38. The SMILES string of the molecule is CC(C)(C)OC(=O)N1CCC2(CC1)NC(=O)N(c1cccc(Cl)c1)N2. The number of ether oxygens (including phenoxy) is 1. The van der Waals surface area contributed by atoms with Crippen LogP contribution >= 0.6 is 11.6 Å². The molecule has 2 N–H and O–H groups in total. The van der Waals surface area contributed by atoms with Crippen LogP contribution in [0.3, 0.4) is 0 Å². The second-order valence-corrected chi connectivity index (χ2v) is 7.84. The van der Waals surface area contributed by atoms with E-state index in [1.54, 1.807) is 23.1 Å². The van der Waals surface area contributed by atoms with Gasteiger partial charge in [0.1, 0.15) is 11.3 Å². The lowest BCUT2D eigenvalue weighted by atomic mass is 9.98. The van der Waals surface area contributed by atoms with E-state index >= 15 is 0 Å². The molecule has 0 atom stereocenters. The van der Waals surface area contributed by atoms with Crippen molar-refractivity contribution in [2.45, 2.75) is 44.9 Å². The maximum absolute atomic E-state index is 12.4. The molecule has 1 aromatic carbocycles. The van der Waals surface area contributed by atoms with Crippen LogP contribution in [-0.4, -0.2) is 41.4 Å². The van der Waals surface area contributed by atoms with E-state index in [-0.39, 0.29) is 12.1 Å². The number of urea groups is 1. The lowest BCUT2D eigenvalue weighted by Crippen LogP contribution is -2.59. The Kier molecular flexibility index (Phi) is 4.55. The summed E-state index contributed by atoms with van der Waals surface area (Å²) in [6.45, 7) is 6.55. The van der Waals surface area contributed by atoms with Crippen molar-refractivity contribution in [3.8, 4) is 0 Å². The Morgan fingerprint density at radius 3 is 2.56 bits per heavy atom. The molecular formula is C17H23ClN4O3. The van der Waals surface area contributed by atoms with Gasteiger partial charge in [0.25, 0.3) is 0 Å². The number of rotatable bonds is 1. The molecule has 25 heavy (non-hydrogen) atoms. The Morgan fingerprint density at radius 2 is 1.96 bits per heavy atom. The molecule has 8 heteroatoms. The van der Waals surface area contributed by atoms with Gasteiger partial charge in [-0.2, -0.15) is 0 Å². The van der Waals surface area contributed by atoms with Crippen molar-refractivity contribution < 1.29 is 14.3 Å². The number of nitrogens with zero attached hydrogens (tertiary/aromatic N) is 2. The fourth-order valence-corrected chi connectivity index (χ4v) is 3.17. The van der Waals surface area contributed by atoms with E-state index in [1.807, 2.05) is 26.8 Å². The standard InChI is InChI=1S/C17H23ClN4O3/c1-16(2,3)25-15(24)21-9-7-17(8-10-21)19-14(23)22(20-17)13-6-4-5-12(18)11-13/h4-6,11,20H,7-10H2,1-3H3,(H,19,23). The summed E-state index contributed by atoms with van der Waals surface area (Å²) in [7, 11) is 0. The van der Waals surface area contributed by atoms with Gasteiger partial charge in [-0.15, -0.1) is 0 Å². The number of hydrogen-bond donors (Lipinski definition) is 2. The minimum Gasteiger partial charge on any atom is -0.444 e. The summed E-state index contributed by atoms with van der Waals surface area (Å²) >= 11 is 6.01. The van der Waals surface area contributed by atoms with Gasteiger partial charge < -0.3 is 15.0 Å². The zero-order chi connectivity index (χ0) is 18.2. The van der Waals surface area contributed by atoms with Gasteiger partial charge in [0, 0.05) is 31.0 Å². The summed E-state index contributed by atoms with van der Waals surface area (Å²) in [5, 5.41) is 5.03. The van der Waals surface area contributed by atoms with Crippen LogP contribution in [-0.2, 0) is 4.74 Å². The number of nitrogens with one attached hydrogen (secondary N) is 2. The van der Waals surface area contributed by atoms with Crippen LogP contribution in [0, 0.1) is 0 Å². The van der Waals surface area contributed by atoms with Crippen LogP contribution < -0.4 is 15.8 Å². The minimum atomic E-state index is -0.558. The van der Waals surface area contributed by atoms with E-state index < -0.39 is 11.3 Å². The molecule has 2 fully saturated rings. The molecule has 0 radical (unpaired) electrons. The number of piperidine rings is 1. The molecule has 3 amide bonds. The predicted molar refractivity (Wildman–Crippen MR) is 95.4 cm³/mol. The highest BCUT2D eigenvalue weighted by Crippen LogP contribution is 2.29. The fourth-order valence-electron chi connectivity index (χ4n) is 2.98. The third-order valence-corrected chi connectivity index (χ3v) is 4.45. The minimum absolute atomic E-state index is 0.229. The maximum Gasteiger partial charge on any atom is 0.410 e. The van der Waals surface area contributed by atoms with Gasteiger partial charge in [0.05, 0.1) is 5.69 Å². The Labute approximate surface area is 152 Å². The molecule has 2 aliphatic rings. The van der Waals surface area contributed by atoms with Gasteiger partial charge in [-0.3, -0.25) is 0 Å². The third kappa shape index (κ3) is 3.99. The highest BCUT2D eigenvalue weighted by molar-refractivity contribution is 6.30. The number of hydrazine groups is 1. The molecule has 3 rings (SSSR count). The number of benzene rings is 1. The molecule has 0 aromatic heterocycles. The lowest BCUT2D eigenvalue weighted by Gasteiger charge is -2.39. The highest BCUT2D eigenvalue weighted by Gasteiger charge is 2.45. The number of anilines is 1. The van der Waals surface area contributed by atoms with Crippen molar-refractivity contribution in [1.29, 1.82) is 0 Å². The monoisotopic (exact) mass is 366 g/mol.